The fourth-order valence-corrected chi connectivity index (χ4v) is 3.12. The van der Waals surface area contributed by atoms with Crippen LogP contribution in [0.4, 0.5) is 4.39 Å². The Hall–Kier alpha value is -2.89. The minimum Gasteiger partial charge on any atom is -0.484 e. The zero-order chi connectivity index (χ0) is 20.7. The van der Waals surface area contributed by atoms with Crippen LogP contribution in [0.3, 0.4) is 0 Å². The van der Waals surface area contributed by atoms with E-state index < -0.39 is 6.04 Å². The summed E-state index contributed by atoms with van der Waals surface area (Å²) in [6.45, 7) is 5.77. The van der Waals surface area contributed by atoms with E-state index in [1.54, 1.807) is 12.1 Å². The highest BCUT2D eigenvalue weighted by molar-refractivity contribution is 5.88. The van der Waals surface area contributed by atoms with Crippen molar-refractivity contribution in [1.82, 2.24) is 10.2 Å². The molecule has 0 aromatic heterocycles. The summed E-state index contributed by atoms with van der Waals surface area (Å²) in [6.07, 6.45) is 0.455. The SMILES string of the molecule is CC[C@@H](C(=O)NC)N(Cc1ccc(F)cc1)C(=O)COc1cc(C)cc(C)c1. The summed E-state index contributed by atoms with van der Waals surface area (Å²) in [5, 5.41) is 2.60. The van der Waals surface area contributed by atoms with E-state index in [4.69, 9.17) is 4.74 Å². The fraction of sp³-hybridized carbons (Fsp3) is 0.364. The maximum Gasteiger partial charge on any atom is 0.261 e. The standard InChI is InChI=1S/C22H27FN2O3/c1-5-20(22(27)24-4)25(13-17-6-8-18(23)9-7-17)21(26)14-28-19-11-15(2)10-16(3)12-19/h6-12,20H,5,13-14H2,1-4H3,(H,24,27)/t20-/m0/s1. The van der Waals surface area contributed by atoms with Crippen molar-refractivity contribution in [2.45, 2.75) is 39.8 Å². The third-order valence-corrected chi connectivity index (χ3v) is 4.46. The number of carbonyl (C=O) groups excluding carboxylic acids is 2. The van der Waals surface area contributed by atoms with Gasteiger partial charge < -0.3 is 15.0 Å². The molecule has 0 spiro atoms. The van der Waals surface area contributed by atoms with E-state index in [1.165, 1.54) is 24.1 Å². The second-order valence-corrected chi connectivity index (χ2v) is 6.80. The fourth-order valence-electron chi connectivity index (χ4n) is 3.12. The van der Waals surface area contributed by atoms with Gasteiger partial charge in [0.1, 0.15) is 17.6 Å². The first-order valence-corrected chi connectivity index (χ1v) is 9.30. The van der Waals surface area contributed by atoms with Crippen LogP contribution in [-0.2, 0) is 16.1 Å². The van der Waals surface area contributed by atoms with Gasteiger partial charge in [-0.2, -0.15) is 0 Å². The topological polar surface area (TPSA) is 58.6 Å². The molecule has 5 nitrogen and oxygen atoms in total. The number of carbonyl (C=O) groups is 2. The second kappa shape index (κ2) is 9.88. The van der Waals surface area contributed by atoms with Crippen LogP contribution in [0.2, 0.25) is 0 Å². The monoisotopic (exact) mass is 386 g/mol. The summed E-state index contributed by atoms with van der Waals surface area (Å²) in [4.78, 5) is 26.7. The van der Waals surface area contributed by atoms with Crippen molar-refractivity contribution in [2.75, 3.05) is 13.7 Å². The quantitative estimate of drug-likeness (QED) is 0.757. The van der Waals surface area contributed by atoms with Crippen LogP contribution in [0.15, 0.2) is 42.5 Å². The molecule has 2 amide bonds. The molecule has 0 aliphatic carbocycles. The van der Waals surface area contributed by atoms with E-state index in [1.807, 2.05) is 39.0 Å². The Balaban J connectivity index is 2.19. The molecule has 1 N–H and O–H groups in total. The Labute approximate surface area is 165 Å². The third kappa shape index (κ3) is 5.81. The van der Waals surface area contributed by atoms with E-state index in [-0.39, 0.29) is 30.8 Å². The van der Waals surface area contributed by atoms with Gasteiger partial charge in [0.2, 0.25) is 5.91 Å². The number of nitrogens with one attached hydrogen (secondary N) is 1. The van der Waals surface area contributed by atoms with Gasteiger partial charge in [0.25, 0.3) is 5.91 Å². The molecule has 0 aliphatic heterocycles. The van der Waals surface area contributed by atoms with Crippen molar-refractivity contribution in [3.05, 3.63) is 65.0 Å². The van der Waals surface area contributed by atoms with Gasteiger partial charge in [0, 0.05) is 13.6 Å². The molecule has 6 heteroatoms. The molecular formula is C22H27FN2O3. The molecule has 0 saturated heterocycles. The summed E-state index contributed by atoms with van der Waals surface area (Å²) in [5.74, 6) is -0.290. The lowest BCUT2D eigenvalue weighted by atomic mass is 10.1. The molecule has 0 fully saturated rings. The smallest absolute Gasteiger partial charge is 0.261 e. The molecule has 0 saturated carbocycles. The maximum absolute atomic E-state index is 13.2. The number of ether oxygens (including phenoxy) is 1. The molecule has 2 aromatic carbocycles. The number of hydrogen-bond acceptors (Lipinski definition) is 3. The highest BCUT2D eigenvalue weighted by Crippen LogP contribution is 2.18. The maximum atomic E-state index is 13.2. The van der Waals surface area contributed by atoms with Crippen molar-refractivity contribution >= 4 is 11.8 Å². The van der Waals surface area contributed by atoms with E-state index in [2.05, 4.69) is 5.32 Å². The summed E-state index contributed by atoms with van der Waals surface area (Å²) in [6, 6.07) is 11.0. The van der Waals surface area contributed by atoms with Gasteiger partial charge in [-0.25, -0.2) is 4.39 Å². The molecule has 28 heavy (non-hydrogen) atoms. The van der Waals surface area contributed by atoms with E-state index in [0.717, 1.165) is 16.7 Å². The Morgan fingerprint density at radius 1 is 1.11 bits per heavy atom. The van der Waals surface area contributed by atoms with Gasteiger partial charge in [-0.05, 0) is 61.2 Å². The number of benzene rings is 2. The summed E-state index contributed by atoms with van der Waals surface area (Å²) in [7, 11) is 1.54. The Bertz CT molecular complexity index is 801. The molecule has 0 radical (unpaired) electrons. The molecule has 0 aliphatic rings. The molecule has 0 heterocycles. The van der Waals surface area contributed by atoms with Crippen molar-refractivity contribution in [1.29, 1.82) is 0 Å². The number of halogens is 1. The lowest BCUT2D eigenvalue weighted by Gasteiger charge is -2.30. The summed E-state index contributed by atoms with van der Waals surface area (Å²) >= 11 is 0. The minimum atomic E-state index is -0.634. The van der Waals surface area contributed by atoms with Crippen LogP contribution in [0.5, 0.6) is 5.75 Å². The second-order valence-electron chi connectivity index (χ2n) is 6.80. The Kier molecular flexibility index (Phi) is 7.55. The van der Waals surface area contributed by atoms with Crippen LogP contribution < -0.4 is 10.1 Å². The van der Waals surface area contributed by atoms with E-state index in [0.29, 0.717) is 12.2 Å². The van der Waals surface area contributed by atoms with Crippen molar-refractivity contribution in [3.63, 3.8) is 0 Å². The largest absolute Gasteiger partial charge is 0.484 e. The van der Waals surface area contributed by atoms with Crippen LogP contribution >= 0.6 is 0 Å². The molecular weight excluding hydrogens is 359 g/mol. The first-order chi connectivity index (χ1) is 13.3. The summed E-state index contributed by atoms with van der Waals surface area (Å²) < 4.78 is 18.9. The Morgan fingerprint density at radius 3 is 2.25 bits per heavy atom. The predicted octanol–water partition coefficient (Wildman–Crippen LogP) is 3.37. The first-order valence-electron chi connectivity index (χ1n) is 9.30. The van der Waals surface area contributed by atoms with Gasteiger partial charge >= 0.3 is 0 Å². The first kappa shape index (κ1) is 21.4. The molecule has 0 unspecified atom stereocenters. The number of aryl methyl sites for hydroxylation is 2. The van der Waals surface area contributed by atoms with Gasteiger partial charge in [-0.15, -0.1) is 0 Å². The predicted molar refractivity (Wildman–Crippen MR) is 107 cm³/mol. The number of hydrogen-bond donors (Lipinski definition) is 1. The van der Waals surface area contributed by atoms with Gasteiger partial charge in [0.05, 0.1) is 0 Å². The summed E-state index contributed by atoms with van der Waals surface area (Å²) in [5.41, 5.74) is 2.83. The van der Waals surface area contributed by atoms with Crippen molar-refractivity contribution in [3.8, 4) is 5.75 Å². The zero-order valence-electron chi connectivity index (χ0n) is 16.8. The van der Waals surface area contributed by atoms with E-state index >= 15 is 0 Å². The van der Waals surface area contributed by atoms with Gasteiger partial charge in [0.15, 0.2) is 6.61 Å². The number of likely N-dealkylation sites (N-methyl/N-ethyl adjacent to an activating group) is 1. The van der Waals surface area contributed by atoms with Gasteiger partial charge in [-0.3, -0.25) is 9.59 Å². The van der Waals surface area contributed by atoms with Crippen LogP contribution in [0, 0.1) is 19.7 Å². The highest BCUT2D eigenvalue weighted by Gasteiger charge is 2.28. The number of nitrogens with zero attached hydrogens (tertiary/aromatic N) is 1. The Morgan fingerprint density at radius 2 is 1.71 bits per heavy atom. The molecule has 0 bridgehead atoms. The number of rotatable bonds is 8. The van der Waals surface area contributed by atoms with Gasteiger partial charge in [-0.1, -0.05) is 25.1 Å². The van der Waals surface area contributed by atoms with E-state index in [9.17, 15) is 14.0 Å². The lowest BCUT2D eigenvalue weighted by molar-refractivity contribution is -0.142. The highest BCUT2D eigenvalue weighted by atomic mass is 19.1. The van der Waals surface area contributed by atoms with Crippen LogP contribution in [0.1, 0.15) is 30.0 Å². The molecule has 150 valence electrons. The number of amides is 2. The van der Waals surface area contributed by atoms with Crippen molar-refractivity contribution in [2.24, 2.45) is 0 Å². The normalized spacial score (nSPS) is 11.6. The average molecular weight is 386 g/mol. The van der Waals surface area contributed by atoms with Crippen LogP contribution in [0.25, 0.3) is 0 Å². The molecule has 2 aromatic rings. The molecule has 1 atom stereocenters. The average Bonchev–Trinajstić information content (AvgIpc) is 2.66. The lowest BCUT2D eigenvalue weighted by Crippen LogP contribution is -2.49. The van der Waals surface area contributed by atoms with Crippen LogP contribution in [-0.4, -0.2) is 36.4 Å². The van der Waals surface area contributed by atoms with Crippen molar-refractivity contribution < 1.29 is 18.7 Å². The third-order valence-electron chi connectivity index (χ3n) is 4.46. The molecule has 2 rings (SSSR count). The zero-order valence-corrected chi connectivity index (χ0v) is 16.8. The minimum absolute atomic E-state index is 0.183.